The SMILES string of the molecule is C[C@H](CC(=O)c1ccc2c(-c3ccccc3Cl)nn(-c3ccc(F)cc3)c2c1)c1cnc(C(F)(F)F)nc1. The van der Waals surface area contributed by atoms with Crippen molar-refractivity contribution in [1.29, 1.82) is 0 Å². The Balaban J connectivity index is 1.51. The highest BCUT2D eigenvalue weighted by Gasteiger charge is 2.34. The van der Waals surface area contributed by atoms with Crippen LogP contribution in [0.1, 0.15) is 41.0 Å². The van der Waals surface area contributed by atoms with Gasteiger partial charge in [0.1, 0.15) is 11.5 Å². The lowest BCUT2D eigenvalue weighted by Gasteiger charge is -2.12. The second-order valence-electron chi connectivity index (χ2n) is 8.81. The normalized spacial score (nSPS) is 12.6. The van der Waals surface area contributed by atoms with Gasteiger partial charge in [0.05, 0.1) is 16.2 Å². The first-order valence-electron chi connectivity index (χ1n) is 11.6. The smallest absolute Gasteiger partial charge is 0.294 e. The fourth-order valence-corrected chi connectivity index (χ4v) is 4.40. The first kappa shape index (κ1) is 25.5. The number of rotatable bonds is 6. The first-order chi connectivity index (χ1) is 18.1. The molecule has 0 unspecified atom stereocenters. The number of alkyl halides is 3. The van der Waals surface area contributed by atoms with Crippen LogP contribution in [0, 0.1) is 5.82 Å². The number of halogens is 5. The molecule has 2 aromatic heterocycles. The average molecular weight is 539 g/mol. The van der Waals surface area contributed by atoms with E-state index in [1.807, 2.05) is 18.2 Å². The van der Waals surface area contributed by atoms with Gasteiger partial charge >= 0.3 is 6.18 Å². The van der Waals surface area contributed by atoms with Gasteiger partial charge in [0.2, 0.25) is 5.82 Å². The number of carbonyl (C=O) groups is 1. The van der Waals surface area contributed by atoms with E-state index in [0.717, 1.165) is 17.8 Å². The summed E-state index contributed by atoms with van der Waals surface area (Å²) in [5.41, 5.74) is 3.33. The Hall–Kier alpha value is -4.11. The van der Waals surface area contributed by atoms with Gasteiger partial charge in [-0.25, -0.2) is 19.0 Å². The molecule has 0 amide bonds. The minimum absolute atomic E-state index is 0.0300. The van der Waals surface area contributed by atoms with E-state index in [0.29, 0.717) is 38.6 Å². The van der Waals surface area contributed by atoms with Crippen LogP contribution in [0.5, 0.6) is 0 Å². The van der Waals surface area contributed by atoms with Gasteiger partial charge in [0.15, 0.2) is 5.78 Å². The summed E-state index contributed by atoms with van der Waals surface area (Å²) in [4.78, 5) is 20.0. The largest absolute Gasteiger partial charge is 0.451 e. The molecular weight excluding hydrogens is 520 g/mol. The summed E-state index contributed by atoms with van der Waals surface area (Å²) < 4.78 is 53.5. The van der Waals surface area contributed by atoms with Crippen LogP contribution in [0.25, 0.3) is 27.8 Å². The molecule has 0 aliphatic carbocycles. The van der Waals surface area contributed by atoms with Gasteiger partial charge in [-0.05, 0) is 53.9 Å². The Bertz CT molecular complexity index is 1630. The highest BCUT2D eigenvalue weighted by atomic mass is 35.5. The van der Waals surface area contributed by atoms with Gasteiger partial charge in [-0.3, -0.25) is 4.79 Å². The predicted octanol–water partition coefficient (Wildman–Crippen LogP) is 7.67. The Morgan fingerprint density at radius 3 is 2.34 bits per heavy atom. The molecule has 0 saturated heterocycles. The number of hydrogen-bond acceptors (Lipinski definition) is 4. The molecular formula is C28H19ClF4N4O. The molecule has 0 aliphatic heterocycles. The van der Waals surface area contributed by atoms with Crippen molar-refractivity contribution in [2.24, 2.45) is 0 Å². The summed E-state index contributed by atoms with van der Waals surface area (Å²) in [7, 11) is 0. The summed E-state index contributed by atoms with van der Waals surface area (Å²) in [6.07, 6.45) is -2.42. The molecule has 10 heteroatoms. The van der Waals surface area contributed by atoms with Gasteiger partial charge in [-0.2, -0.15) is 18.3 Å². The van der Waals surface area contributed by atoms with Crippen LogP contribution in [-0.2, 0) is 6.18 Å². The zero-order valence-corrected chi connectivity index (χ0v) is 20.6. The van der Waals surface area contributed by atoms with E-state index in [2.05, 4.69) is 9.97 Å². The minimum Gasteiger partial charge on any atom is -0.294 e. The summed E-state index contributed by atoms with van der Waals surface area (Å²) in [5, 5.41) is 5.99. The number of nitrogens with zero attached hydrogens (tertiary/aromatic N) is 4. The fourth-order valence-electron chi connectivity index (χ4n) is 4.17. The van der Waals surface area contributed by atoms with Gasteiger partial charge in [-0.1, -0.05) is 42.8 Å². The van der Waals surface area contributed by atoms with Crippen molar-refractivity contribution in [2.45, 2.75) is 25.4 Å². The molecule has 0 N–H and O–H groups in total. The maximum Gasteiger partial charge on any atom is 0.451 e. The van der Waals surface area contributed by atoms with Crippen molar-refractivity contribution in [3.05, 3.63) is 107 Å². The Labute approximate surface area is 219 Å². The lowest BCUT2D eigenvalue weighted by Crippen LogP contribution is -2.12. The molecule has 5 rings (SSSR count). The molecule has 5 aromatic rings. The first-order valence-corrected chi connectivity index (χ1v) is 12.0. The van der Waals surface area contributed by atoms with Crippen LogP contribution in [0.2, 0.25) is 5.02 Å². The number of ketones is 1. The Morgan fingerprint density at radius 2 is 1.68 bits per heavy atom. The second kappa shape index (κ2) is 9.98. The maximum absolute atomic E-state index is 13.6. The monoisotopic (exact) mass is 538 g/mol. The van der Waals surface area contributed by atoms with E-state index in [4.69, 9.17) is 16.7 Å². The predicted molar refractivity (Wildman–Crippen MR) is 136 cm³/mol. The van der Waals surface area contributed by atoms with E-state index in [1.54, 1.807) is 48.0 Å². The van der Waals surface area contributed by atoms with E-state index >= 15 is 0 Å². The van der Waals surface area contributed by atoms with Crippen LogP contribution in [0.15, 0.2) is 79.1 Å². The molecule has 0 radical (unpaired) electrons. The van der Waals surface area contributed by atoms with Crippen molar-refractivity contribution in [2.75, 3.05) is 0 Å². The summed E-state index contributed by atoms with van der Waals surface area (Å²) in [5.74, 6) is -2.26. The second-order valence-corrected chi connectivity index (χ2v) is 9.22. The van der Waals surface area contributed by atoms with Crippen molar-refractivity contribution >= 4 is 28.3 Å². The number of Topliss-reactive ketones (excluding diaryl/α,β-unsaturated/α-hetero) is 1. The molecule has 1 atom stereocenters. The number of benzene rings is 3. The molecule has 5 nitrogen and oxygen atoms in total. The molecule has 38 heavy (non-hydrogen) atoms. The molecule has 0 saturated carbocycles. The molecule has 2 heterocycles. The third-order valence-corrected chi connectivity index (χ3v) is 6.52. The van der Waals surface area contributed by atoms with Crippen LogP contribution < -0.4 is 0 Å². The van der Waals surface area contributed by atoms with Crippen molar-refractivity contribution < 1.29 is 22.4 Å². The lowest BCUT2D eigenvalue weighted by atomic mass is 9.94. The van der Waals surface area contributed by atoms with Crippen LogP contribution in [0.4, 0.5) is 17.6 Å². The maximum atomic E-state index is 13.6. The summed E-state index contributed by atoms with van der Waals surface area (Å²) in [6.45, 7) is 1.72. The van der Waals surface area contributed by atoms with Gasteiger partial charge in [0, 0.05) is 35.3 Å². The molecule has 0 fully saturated rings. The quantitative estimate of drug-likeness (QED) is 0.164. The zero-order valence-electron chi connectivity index (χ0n) is 19.9. The minimum atomic E-state index is -4.64. The number of aromatic nitrogens is 4. The van der Waals surface area contributed by atoms with Gasteiger partial charge in [0.25, 0.3) is 0 Å². The van der Waals surface area contributed by atoms with E-state index < -0.39 is 23.7 Å². The topological polar surface area (TPSA) is 60.7 Å². The van der Waals surface area contributed by atoms with Crippen molar-refractivity contribution in [3.8, 4) is 16.9 Å². The highest BCUT2D eigenvalue weighted by molar-refractivity contribution is 6.33. The van der Waals surface area contributed by atoms with E-state index in [1.165, 1.54) is 12.1 Å². The Morgan fingerprint density at radius 1 is 1.00 bits per heavy atom. The standard InChI is InChI=1S/C28H19ClF4N4O/c1-16(18-14-34-27(35-15-18)28(31,32)33)12-25(38)17-6-11-22-24(13-17)37(20-9-7-19(30)8-10-20)36-26(22)21-4-2-3-5-23(21)29/h2-11,13-16H,12H2,1H3/t16-/m1/s1. The molecule has 0 spiro atoms. The zero-order chi connectivity index (χ0) is 27.0. The summed E-state index contributed by atoms with van der Waals surface area (Å²) in [6, 6.07) is 18.2. The van der Waals surface area contributed by atoms with Crippen molar-refractivity contribution in [3.63, 3.8) is 0 Å². The highest BCUT2D eigenvalue weighted by Crippen LogP contribution is 2.35. The third-order valence-electron chi connectivity index (χ3n) is 6.19. The van der Waals surface area contributed by atoms with Crippen LogP contribution >= 0.6 is 11.6 Å². The molecule has 3 aromatic carbocycles. The lowest BCUT2D eigenvalue weighted by molar-refractivity contribution is -0.145. The van der Waals surface area contributed by atoms with Crippen LogP contribution in [0.3, 0.4) is 0 Å². The molecule has 192 valence electrons. The van der Waals surface area contributed by atoms with Gasteiger partial charge < -0.3 is 0 Å². The number of hydrogen-bond donors (Lipinski definition) is 0. The average Bonchev–Trinajstić information content (AvgIpc) is 3.27. The van der Waals surface area contributed by atoms with Gasteiger partial charge in [-0.15, -0.1) is 0 Å². The number of fused-ring (bicyclic) bond motifs is 1. The molecule has 0 aliphatic rings. The number of carbonyl (C=O) groups excluding carboxylic acids is 1. The van der Waals surface area contributed by atoms with Crippen LogP contribution in [-0.4, -0.2) is 25.5 Å². The third kappa shape index (κ3) is 5.02. The summed E-state index contributed by atoms with van der Waals surface area (Å²) >= 11 is 6.44. The van der Waals surface area contributed by atoms with E-state index in [9.17, 15) is 22.4 Å². The molecule has 0 bridgehead atoms. The van der Waals surface area contributed by atoms with E-state index in [-0.39, 0.29) is 12.2 Å². The van der Waals surface area contributed by atoms with Crippen molar-refractivity contribution in [1.82, 2.24) is 19.7 Å². The fraction of sp³-hybridized carbons (Fsp3) is 0.143. The Kier molecular flexibility index (Phi) is 6.71.